The van der Waals surface area contributed by atoms with Crippen molar-refractivity contribution in [3.05, 3.63) is 24.0 Å². The van der Waals surface area contributed by atoms with Crippen LogP contribution in [0.3, 0.4) is 0 Å². The van der Waals surface area contributed by atoms with E-state index in [2.05, 4.69) is 10.3 Å². The lowest BCUT2D eigenvalue weighted by atomic mass is 10.2. The van der Waals surface area contributed by atoms with Gasteiger partial charge in [-0.3, -0.25) is 4.98 Å². The lowest BCUT2D eigenvalue weighted by molar-refractivity contribution is 0.0523. The molecule has 1 amide bonds. The molecule has 1 aromatic rings. The largest absolute Gasteiger partial charge is 0.444 e. The van der Waals surface area contributed by atoms with Crippen LogP contribution in [0.5, 0.6) is 0 Å². The topological polar surface area (TPSA) is 77.2 Å². The fourth-order valence-electron chi connectivity index (χ4n) is 1.07. The van der Waals surface area contributed by atoms with Gasteiger partial charge in [-0.2, -0.15) is 0 Å². The first-order valence-electron chi connectivity index (χ1n) is 5.04. The van der Waals surface area contributed by atoms with Gasteiger partial charge in [0.05, 0.1) is 0 Å². The highest BCUT2D eigenvalue weighted by Gasteiger charge is 2.15. The van der Waals surface area contributed by atoms with Crippen LogP contribution in [-0.2, 0) is 11.3 Å². The maximum atomic E-state index is 11.3. The number of carbonyl (C=O) groups is 1. The number of carbonyl (C=O) groups excluding carboxylic acids is 1. The summed E-state index contributed by atoms with van der Waals surface area (Å²) in [6, 6.07) is 1.69. The quantitative estimate of drug-likeness (QED) is 0.799. The molecular weight excluding hydrogens is 206 g/mol. The van der Waals surface area contributed by atoms with E-state index < -0.39 is 11.7 Å². The van der Waals surface area contributed by atoms with E-state index in [1.165, 1.54) is 0 Å². The third-order valence-electron chi connectivity index (χ3n) is 1.76. The first-order chi connectivity index (χ1) is 7.38. The summed E-state index contributed by atoms with van der Waals surface area (Å²) in [6.07, 6.45) is 2.76. The van der Waals surface area contributed by atoms with Crippen LogP contribution in [-0.4, -0.2) is 16.7 Å². The molecular formula is C11H17N3O2. The van der Waals surface area contributed by atoms with Crippen molar-refractivity contribution in [2.75, 3.05) is 5.73 Å². The number of nitrogens with one attached hydrogen (secondary N) is 1. The standard InChI is InChI=1S/C11H17N3O2/c1-11(2,3)16-10(15)14-7-8-6-13-5-4-9(8)12/h4-6H,7H2,1-3H3,(H2,12,13)(H,14,15). The molecule has 0 aliphatic heterocycles. The van der Waals surface area contributed by atoms with Gasteiger partial charge < -0.3 is 15.8 Å². The first-order valence-corrected chi connectivity index (χ1v) is 5.04. The summed E-state index contributed by atoms with van der Waals surface area (Å²) in [4.78, 5) is 15.3. The number of hydrogen-bond donors (Lipinski definition) is 2. The molecule has 1 rings (SSSR count). The van der Waals surface area contributed by atoms with Crippen molar-refractivity contribution >= 4 is 11.8 Å². The van der Waals surface area contributed by atoms with Crippen molar-refractivity contribution in [3.63, 3.8) is 0 Å². The number of hydrogen-bond acceptors (Lipinski definition) is 4. The molecule has 0 atom stereocenters. The van der Waals surface area contributed by atoms with E-state index in [9.17, 15) is 4.79 Å². The van der Waals surface area contributed by atoms with E-state index in [1.807, 2.05) is 20.8 Å². The van der Waals surface area contributed by atoms with Crippen LogP contribution in [0.25, 0.3) is 0 Å². The van der Waals surface area contributed by atoms with Crippen molar-refractivity contribution in [1.82, 2.24) is 10.3 Å². The normalized spacial score (nSPS) is 10.9. The number of nitrogen functional groups attached to an aromatic ring is 1. The molecule has 0 unspecified atom stereocenters. The van der Waals surface area contributed by atoms with Gasteiger partial charge in [0.2, 0.25) is 0 Å². The minimum atomic E-state index is -0.495. The van der Waals surface area contributed by atoms with Crippen LogP contribution < -0.4 is 11.1 Å². The highest BCUT2D eigenvalue weighted by Crippen LogP contribution is 2.09. The number of nitrogens with two attached hydrogens (primary N) is 1. The smallest absolute Gasteiger partial charge is 0.407 e. The second kappa shape index (κ2) is 4.83. The van der Waals surface area contributed by atoms with Gasteiger partial charge in [0.1, 0.15) is 5.60 Å². The summed E-state index contributed by atoms with van der Waals surface area (Å²) in [5, 5.41) is 2.62. The molecule has 1 aromatic heterocycles. The SMILES string of the molecule is CC(C)(C)OC(=O)NCc1cnccc1N. The monoisotopic (exact) mass is 223 g/mol. The third-order valence-corrected chi connectivity index (χ3v) is 1.76. The fourth-order valence-corrected chi connectivity index (χ4v) is 1.07. The number of pyridine rings is 1. The molecule has 5 nitrogen and oxygen atoms in total. The second-order valence-electron chi connectivity index (χ2n) is 4.43. The summed E-state index contributed by atoms with van der Waals surface area (Å²) in [5.41, 5.74) is 6.58. The molecule has 0 aliphatic carbocycles. The molecule has 0 bridgehead atoms. The first kappa shape index (κ1) is 12.3. The van der Waals surface area contributed by atoms with Crippen LogP contribution in [0.2, 0.25) is 0 Å². The molecule has 88 valence electrons. The molecule has 3 N–H and O–H groups in total. The van der Waals surface area contributed by atoms with E-state index in [0.717, 1.165) is 5.56 Å². The summed E-state index contributed by atoms with van der Waals surface area (Å²) >= 11 is 0. The molecule has 16 heavy (non-hydrogen) atoms. The van der Waals surface area contributed by atoms with Crippen LogP contribution >= 0.6 is 0 Å². The molecule has 0 aliphatic rings. The number of ether oxygens (including phenoxy) is 1. The zero-order chi connectivity index (χ0) is 12.2. The van der Waals surface area contributed by atoms with Gasteiger partial charge in [-0.15, -0.1) is 0 Å². The van der Waals surface area contributed by atoms with Crippen molar-refractivity contribution in [2.24, 2.45) is 0 Å². The van der Waals surface area contributed by atoms with Crippen molar-refractivity contribution < 1.29 is 9.53 Å². The van der Waals surface area contributed by atoms with Crippen LogP contribution in [0.15, 0.2) is 18.5 Å². The van der Waals surface area contributed by atoms with Gasteiger partial charge in [-0.25, -0.2) is 4.79 Å². The van der Waals surface area contributed by atoms with E-state index in [-0.39, 0.29) is 0 Å². The van der Waals surface area contributed by atoms with E-state index in [1.54, 1.807) is 18.5 Å². The zero-order valence-electron chi connectivity index (χ0n) is 9.78. The second-order valence-corrected chi connectivity index (χ2v) is 4.43. The van der Waals surface area contributed by atoms with Crippen molar-refractivity contribution in [2.45, 2.75) is 32.9 Å². The molecule has 1 heterocycles. The highest BCUT2D eigenvalue weighted by atomic mass is 16.6. The van der Waals surface area contributed by atoms with Crippen molar-refractivity contribution in [3.8, 4) is 0 Å². The van der Waals surface area contributed by atoms with Gasteiger partial charge >= 0.3 is 6.09 Å². The van der Waals surface area contributed by atoms with Crippen LogP contribution in [0, 0.1) is 0 Å². The maximum Gasteiger partial charge on any atom is 0.407 e. The molecule has 0 saturated heterocycles. The lowest BCUT2D eigenvalue weighted by Crippen LogP contribution is -2.32. The van der Waals surface area contributed by atoms with E-state index >= 15 is 0 Å². The minimum Gasteiger partial charge on any atom is -0.444 e. The highest BCUT2D eigenvalue weighted by molar-refractivity contribution is 5.68. The number of rotatable bonds is 2. The van der Waals surface area contributed by atoms with Crippen LogP contribution in [0.4, 0.5) is 10.5 Å². The minimum absolute atomic E-state index is 0.314. The summed E-state index contributed by atoms with van der Waals surface area (Å²) in [7, 11) is 0. The van der Waals surface area contributed by atoms with Crippen molar-refractivity contribution in [1.29, 1.82) is 0 Å². The fraction of sp³-hybridized carbons (Fsp3) is 0.455. The Labute approximate surface area is 95.0 Å². The molecule has 0 aromatic carbocycles. The Morgan fingerprint density at radius 3 is 2.81 bits per heavy atom. The predicted molar refractivity (Wildman–Crippen MR) is 61.7 cm³/mol. The lowest BCUT2D eigenvalue weighted by Gasteiger charge is -2.19. The van der Waals surface area contributed by atoms with E-state index in [0.29, 0.717) is 12.2 Å². The van der Waals surface area contributed by atoms with Gasteiger partial charge in [0.15, 0.2) is 0 Å². The average molecular weight is 223 g/mol. The third kappa shape index (κ3) is 4.16. The summed E-state index contributed by atoms with van der Waals surface area (Å²) < 4.78 is 5.09. The number of alkyl carbamates (subject to hydrolysis) is 1. The Bertz CT molecular complexity index is 372. The average Bonchev–Trinajstić information content (AvgIpc) is 2.14. The predicted octanol–water partition coefficient (Wildman–Crippen LogP) is 1.69. The summed E-state index contributed by atoms with van der Waals surface area (Å²) in [6.45, 7) is 5.75. The molecule has 0 spiro atoms. The summed E-state index contributed by atoms with van der Waals surface area (Å²) in [5.74, 6) is 0. The molecule has 0 saturated carbocycles. The Balaban J connectivity index is 2.47. The maximum absolute atomic E-state index is 11.3. The molecule has 0 fully saturated rings. The Kier molecular flexibility index (Phi) is 3.71. The Morgan fingerprint density at radius 1 is 1.56 bits per heavy atom. The molecule has 5 heteroatoms. The van der Waals surface area contributed by atoms with Crippen LogP contribution in [0.1, 0.15) is 26.3 Å². The van der Waals surface area contributed by atoms with E-state index in [4.69, 9.17) is 10.5 Å². The Morgan fingerprint density at radius 2 is 2.25 bits per heavy atom. The van der Waals surface area contributed by atoms with Gasteiger partial charge in [-0.1, -0.05) is 0 Å². The number of nitrogens with zero attached hydrogens (tertiary/aromatic N) is 1. The van der Waals surface area contributed by atoms with Gasteiger partial charge in [-0.05, 0) is 26.8 Å². The Hall–Kier alpha value is -1.78. The zero-order valence-corrected chi connectivity index (χ0v) is 9.78. The number of amides is 1. The van der Waals surface area contributed by atoms with Gasteiger partial charge in [0.25, 0.3) is 0 Å². The molecule has 0 radical (unpaired) electrons. The number of aromatic nitrogens is 1. The van der Waals surface area contributed by atoms with Gasteiger partial charge in [0, 0.05) is 30.2 Å². The number of anilines is 1.